The smallest absolute Gasteiger partial charge is 0.0802 e. The van der Waals surface area contributed by atoms with Gasteiger partial charge in [-0.1, -0.05) is 36.4 Å². The van der Waals surface area contributed by atoms with Gasteiger partial charge in [-0.05, 0) is 53.0 Å². The molecule has 0 spiro atoms. The number of hydrogen-bond acceptors (Lipinski definition) is 2. The molecular formula is C17H18O2. The van der Waals surface area contributed by atoms with E-state index in [2.05, 4.69) is 24.3 Å². The third-order valence-electron chi connectivity index (χ3n) is 5.02. The lowest BCUT2D eigenvalue weighted by molar-refractivity contribution is 0.0651. The van der Waals surface area contributed by atoms with Crippen molar-refractivity contribution in [1.29, 1.82) is 0 Å². The molecule has 0 aromatic heterocycles. The Bertz CT molecular complexity index is 634. The molecule has 0 amide bonds. The largest absolute Gasteiger partial charge is 0.393 e. The van der Waals surface area contributed by atoms with Crippen molar-refractivity contribution in [2.24, 2.45) is 5.92 Å². The highest BCUT2D eigenvalue weighted by molar-refractivity contribution is 5.87. The first kappa shape index (κ1) is 11.4. The van der Waals surface area contributed by atoms with E-state index in [1.165, 1.54) is 16.3 Å². The van der Waals surface area contributed by atoms with Gasteiger partial charge in [0, 0.05) is 0 Å². The highest BCUT2D eigenvalue weighted by Crippen LogP contribution is 2.51. The van der Waals surface area contributed by atoms with E-state index in [0.29, 0.717) is 12.3 Å². The molecule has 98 valence electrons. The summed E-state index contributed by atoms with van der Waals surface area (Å²) in [6, 6.07) is 12.6. The first-order valence-corrected chi connectivity index (χ1v) is 7.13. The second kappa shape index (κ2) is 4.06. The van der Waals surface area contributed by atoms with E-state index in [0.717, 1.165) is 18.4 Å². The zero-order valence-electron chi connectivity index (χ0n) is 10.8. The number of benzene rings is 2. The van der Waals surface area contributed by atoms with Gasteiger partial charge in [0.25, 0.3) is 0 Å². The van der Waals surface area contributed by atoms with Crippen molar-refractivity contribution >= 4 is 10.8 Å². The third-order valence-corrected chi connectivity index (χ3v) is 5.02. The van der Waals surface area contributed by atoms with Crippen molar-refractivity contribution in [2.45, 2.75) is 37.4 Å². The normalized spacial score (nSPS) is 33.2. The zero-order valence-corrected chi connectivity index (χ0v) is 10.8. The van der Waals surface area contributed by atoms with Crippen LogP contribution in [0, 0.1) is 5.92 Å². The van der Waals surface area contributed by atoms with Crippen molar-refractivity contribution in [1.82, 2.24) is 0 Å². The number of aliphatic hydroxyl groups is 2. The van der Waals surface area contributed by atoms with Crippen molar-refractivity contribution in [2.75, 3.05) is 0 Å². The standard InChI is InChI=1S/C17H18O2/c18-15-8-7-12-13-6-5-10-3-1-2-4-11(10)17(13)16(19)9-14(12)15/h1-6,12,14-16,18-19H,7-9H2/t12-,14+,15+,16?/m1/s1. The topological polar surface area (TPSA) is 40.5 Å². The highest BCUT2D eigenvalue weighted by atomic mass is 16.3. The third kappa shape index (κ3) is 1.57. The van der Waals surface area contributed by atoms with Crippen LogP contribution in [0.1, 0.15) is 42.4 Å². The number of rotatable bonds is 0. The summed E-state index contributed by atoms with van der Waals surface area (Å²) in [4.78, 5) is 0. The summed E-state index contributed by atoms with van der Waals surface area (Å²) in [5.41, 5.74) is 2.37. The molecule has 0 aliphatic heterocycles. The van der Waals surface area contributed by atoms with E-state index >= 15 is 0 Å². The highest BCUT2D eigenvalue weighted by Gasteiger charge is 2.42. The molecule has 0 radical (unpaired) electrons. The lowest BCUT2D eigenvalue weighted by Crippen LogP contribution is -2.26. The Kier molecular flexibility index (Phi) is 2.44. The summed E-state index contributed by atoms with van der Waals surface area (Å²) in [5.74, 6) is 0.668. The van der Waals surface area contributed by atoms with Gasteiger partial charge in [-0.2, -0.15) is 0 Å². The summed E-state index contributed by atoms with van der Waals surface area (Å²) in [7, 11) is 0. The number of fused-ring (bicyclic) bond motifs is 5. The second-order valence-corrected chi connectivity index (χ2v) is 5.96. The van der Waals surface area contributed by atoms with E-state index < -0.39 is 6.10 Å². The molecule has 2 aliphatic rings. The van der Waals surface area contributed by atoms with Crippen LogP contribution in [0.5, 0.6) is 0 Å². The minimum absolute atomic E-state index is 0.237. The van der Waals surface area contributed by atoms with Gasteiger partial charge in [-0.25, -0.2) is 0 Å². The van der Waals surface area contributed by atoms with E-state index in [9.17, 15) is 10.2 Å². The van der Waals surface area contributed by atoms with Gasteiger partial charge in [0.2, 0.25) is 0 Å². The monoisotopic (exact) mass is 254 g/mol. The van der Waals surface area contributed by atoms with E-state index in [1.54, 1.807) is 0 Å². The minimum Gasteiger partial charge on any atom is -0.393 e. The fraction of sp³-hybridized carbons (Fsp3) is 0.412. The van der Waals surface area contributed by atoms with Crippen molar-refractivity contribution in [3.05, 3.63) is 47.5 Å². The average Bonchev–Trinajstić information content (AvgIpc) is 2.80. The van der Waals surface area contributed by atoms with Gasteiger partial charge in [-0.15, -0.1) is 0 Å². The Morgan fingerprint density at radius 3 is 2.68 bits per heavy atom. The summed E-state index contributed by atoms with van der Waals surface area (Å²) in [6.07, 6.45) is 1.94. The van der Waals surface area contributed by atoms with Crippen LogP contribution in [0.4, 0.5) is 0 Å². The predicted octanol–water partition coefficient (Wildman–Crippen LogP) is 3.13. The van der Waals surface area contributed by atoms with Gasteiger partial charge in [0.05, 0.1) is 12.2 Å². The molecule has 2 aromatic rings. The number of aliphatic hydroxyl groups excluding tert-OH is 2. The molecule has 1 saturated carbocycles. The molecule has 2 nitrogen and oxygen atoms in total. The fourth-order valence-electron chi connectivity index (χ4n) is 4.14. The quantitative estimate of drug-likeness (QED) is 0.758. The molecule has 2 N–H and O–H groups in total. The summed E-state index contributed by atoms with van der Waals surface area (Å²) >= 11 is 0. The van der Waals surface area contributed by atoms with Crippen molar-refractivity contribution in [3.63, 3.8) is 0 Å². The maximum Gasteiger partial charge on any atom is 0.0802 e. The molecule has 2 aliphatic carbocycles. The van der Waals surface area contributed by atoms with Crippen LogP contribution in [0.3, 0.4) is 0 Å². The predicted molar refractivity (Wildman–Crippen MR) is 75.0 cm³/mol. The Morgan fingerprint density at radius 2 is 1.79 bits per heavy atom. The van der Waals surface area contributed by atoms with Crippen LogP contribution >= 0.6 is 0 Å². The molecule has 2 aromatic carbocycles. The van der Waals surface area contributed by atoms with Crippen molar-refractivity contribution < 1.29 is 10.2 Å². The van der Waals surface area contributed by atoms with Gasteiger partial charge in [0.15, 0.2) is 0 Å². The van der Waals surface area contributed by atoms with E-state index in [4.69, 9.17) is 0 Å². The molecule has 1 unspecified atom stereocenters. The summed E-state index contributed by atoms with van der Waals surface area (Å²) in [6.45, 7) is 0. The van der Waals surface area contributed by atoms with E-state index in [1.807, 2.05) is 12.1 Å². The van der Waals surface area contributed by atoms with Gasteiger partial charge in [-0.3, -0.25) is 0 Å². The van der Waals surface area contributed by atoms with Gasteiger partial charge >= 0.3 is 0 Å². The lowest BCUT2D eigenvalue weighted by atomic mass is 9.73. The molecule has 2 heteroatoms. The van der Waals surface area contributed by atoms with Crippen LogP contribution < -0.4 is 0 Å². The molecule has 1 fully saturated rings. The Morgan fingerprint density at radius 1 is 0.947 bits per heavy atom. The van der Waals surface area contributed by atoms with Crippen LogP contribution in [0.2, 0.25) is 0 Å². The SMILES string of the molecule is OC1C[C@H]2[C@H](CC[C@@H]2O)c2ccc3ccccc3c21. The van der Waals surface area contributed by atoms with Gasteiger partial charge < -0.3 is 10.2 Å². The van der Waals surface area contributed by atoms with Crippen LogP contribution in [0.15, 0.2) is 36.4 Å². The molecule has 4 atom stereocenters. The number of hydrogen-bond donors (Lipinski definition) is 2. The molecule has 0 heterocycles. The average molecular weight is 254 g/mol. The maximum atomic E-state index is 10.5. The van der Waals surface area contributed by atoms with Crippen LogP contribution in [-0.4, -0.2) is 16.3 Å². The Balaban J connectivity index is 1.96. The molecule has 0 bridgehead atoms. The molecule has 0 saturated heterocycles. The van der Waals surface area contributed by atoms with Gasteiger partial charge in [0.1, 0.15) is 0 Å². The summed E-state index contributed by atoms with van der Waals surface area (Å²) < 4.78 is 0. The Labute approximate surface area is 112 Å². The fourth-order valence-corrected chi connectivity index (χ4v) is 4.14. The van der Waals surface area contributed by atoms with E-state index in [-0.39, 0.29) is 12.0 Å². The second-order valence-electron chi connectivity index (χ2n) is 5.96. The van der Waals surface area contributed by atoms with Crippen LogP contribution in [0.25, 0.3) is 10.8 Å². The molecule has 4 rings (SSSR count). The minimum atomic E-state index is -0.435. The Hall–Kier alpha value is -1.38. The summed E-state index contributed by atoms with van der Waals surface area (Å²) in [5, 5.41) is 22.9. The lowest BCUT2D eigenvalue weighted by Gasteiger charge is -2.34. The van der Waals surface area contributed by atoms with Crippen LogP contribution in [-0.2, 0) is 0 Å². The molecule has 19 heavy (non-hydrogen) atoms. The maximum absolute atomic E-state index is 10.5. The molecular weight excluding hydrogens is 236 g/mol. The first-order chi connectivity index (χ1) is 9.25. The first-order valence-electron chi connectivity index (χ1n) is 7.13. The van der Waals surface area contributed by atoms with Crippen molar-refractivity contribution in [3.8, 4) is 0 Å². The zero-order chi connectivity index (χ0) is 13.0.